The molecule has 0 atom stereocenters. The molecule has 0 radical (unpaired) electrons. The summed E-state index contributed by atoms with van der Waals surface area (Å²) >= 11 is 0. The van der Waals surface area contributed by atoms with E-state index in [1.165, 1.54) is 12.1 Å². The van der Waals surface area contributed by atoms with Crippen molar-refractivity contribution in [2.45, 2.75) is 13.1 Å². The molecule has 0 bridgehead atoms. The molecule has 4 aromatic rings. The Labute approximate surface area is 189 Å². The Morgan fingerprint density at radius 3 is 2.55 bits per heavy atom. The van der Waals surface area contributed by atoms with Gasteiger partial charge in [0.1, 0.15) is 35.4 Å². The summed E-state index contributed by atoms with van der Waals surface area (Å²) in [6.45, 7) is 1.51. The Kier molecular flexibility index (Phi) is 5.48. The van der Waals surface area contributed by atoms with Gasteiger partial charge in [-0.1, -0.05) is 12.1 Å². The minimum Gasteiger partial charge on any atom is -0.497 e. The molecule has 168 valence electrons. The Bertz CT molecular complexity index is 1380. The van der Waals surface area contributed by atoms with Gasteiger partial charge in [0.25, 0.3) is 0 Å². The van der Waals surface area contributed by atoms with E-state index in [2.05, 4.69) is 4.90 Å². The predicted octanol–water partition coefficient (Wildman–Crippen LogP) is 4.97. The molecule has 2 heterocycles. The molecule has 1 aliphatic heterocycles. The summed E-state index contributed by atoms with van der Waals surface area (Å²) in [4.78, 5) is 15.1. The summed E-state index contributed by atoms with van der Waals surface area (Å²) < 4.78 is 35.7. The maximum absolute atomic E-state index is 13.2. The number of halogens is 1. The van der Waals surface area contributed by atoms with Gasteiger partial charge >= 0.3 is 5.63 Å². The standard InChI is InChI=1S/C26H22FNO5/c1-30-19-8-10-23(31-2)20(12-19)21-11-17-5-9-24-22(25(17)33-26(21)29)14-28(15-32-24)13-16-3-6-18(27)7-4-16/h3-12H,13-15H2,1-2H3. The number of nitrogens with zero attached hydrogens (tertiary/aromatic N) is 1. The van der Waals surface area contributed by atoms with Gasteiger partial charge in [0.15, 0.2) is 0 Å². The van der Waals surface area contributed by atoms with E-state index in [0.29, 0.717) is 53.8 Å². The molecule has 1 aromatic heterocycles. The molecule has 0 saturated heterocycles. The fraction of sp³-hybridized carbons (Fsp3) is 0.192. The van der Waals surface area contributed by atoms with Crippen molar-refractivity contribution in [3.05, 3.63) is 88.0 Å². The predicted molar refractivity (Wildman–Crippen MR) is 122 cm³/mol. The van der Waals surface area contributed by atoms with Crippen LogP contribution in [-0.2, 0) is 13.1 Å². The molecule has 0 N–H and O–H groups in total. The molecule has 5 rings (SSSR count). The summed E-state index contributed by atoms with van der Waals surface area (Å²) in [5, 5.41) is 0.778. The number of fused-ring (bicyclic) bond motifs is 3. The molecule has 33 heavy (non-hydrogen) atoms. The lowest BCUT2D eigenvalue weighted by Gasteiger charge is -2.29. The van der Waals surface area contributed by atoms with E-state index < -0.39 is 5.63 Å². The van der Waals surface area contributed by atoms with Crippen LogP contribution >= 0.6 is 0 Å². The zero-order chi connectivity index (χ0) is 22.9. The van der Waals surface area contributed by atoms with Gasteiger partial charge in [0.05, 0.1) is 25.3 Å². The van der Waals surface area contributed by atoms with Crippen molar-refractivity contribution in [2.24, 2.45) is 0 Å². The summed E-state index contributed by atoms with van der Waals surface area (Å²) in [6, 6.07) is 17.2. The van der Waals surface area contributed by atoms with Crippen LogP contribution < -0.4 is 19.8 Å². The lowest BCUT2D eigenvalue weighted by molar-refractivity contribution is 0.0889. The average Bonchev–Trinajstić information content (AvgIpc) is 2.84. The van der Waals surface area contributed by atoms with E-state index in [1.807, 2.05) is 12.1 Å². The molecule has 0 fully saturated rings. The van der Waals surface area contributed by atoms with E-state index in [4.69, 9.17) is 18.6 Å². The van der Waals surface area contributed by atoms with Crippen molar-refractivity contribution >= 4 is 11.0 Å². The highest BCUT2D eigenvalue weighted by Gasteiger charge is 2.23. The van der Waals surface area contributed by atoms with Gasteiger partial charge in [0, 0.05) is 24.0 Å². The van der Waals surface area contributed by atoms with E-state index in [0.717, 1.165) is 16.5 Å². The van der Waals surface area contributed by atoms with E-state index in [-0.39, 0.29) is 5.82 Å². The number of benzene rings is 3. The number of ether oxygens (including phenoxy) is 3. The van der Waals surface area contributed by atoms with Crippen molar-refractivity contribution in [3.8, 4) is 28.4 Å². The second-order valence-electron chi connectivity index (χ2n) is 7.86. The van der Waals surface area contributed by atoms with Crippen molar-refractivity contribution in [2.75, 3.05) is 21.0 Å². The van der Waals surface area contributed by atoms with Crippen LogP contribution in [0.2, 0.25) is 0 Å². The highest BCUT2D eigenvalue weighted by Crippen LogP contribution is 2.36. The molecule has 1 aliphatic rings. The first-order valence-electron chi connectivity index (χ1n) is 10.5. The van der Waals surface area contributed by atoms with Crippen LogP contribution in [-0.4, -0.2) is 25.9 Å². The van der Waals surface area contributed by atoms with Crippen LogP contribution in [0.25, 0.3) is 22.1 Å². The fourth-order valence-corrected chi connectivity index (χ4v) is 4.10. The van der Waals surface area contributed by atoms with Gasteiger partial charge in [-0.05, 0) is 54.1 Å². The van der Waals surface area contributed by atoms with Crippen LogP contribution in [0.1, 0.15) is 11.1 Å². The number of rotatable bonds is 5. The molecule has 0 spiro atoms. The summed E-state index contributed by atoms with van der Waals surface area (Å²) in [5.74, 6) is 1.58. The molecule has 0 unspecified atom stereocenters. The Morgan fingerprint density at radius 1 is 0.970 bits per heavy atom. The SMILES string of the molecule is COc1ccc(OC)c(-c2cc3ccc4c(c3oc2=O)CN(Cc2ccc(F)cc2)CO4)c1. The van der Waals surface area contributed by atoms with Crippen LogP contribution in [0.3, 0.4) is 0 Å². The highest BCUT2D eigenvalue weighted by atomic mass is 19.1. The van der Waals surface area contributed by atoms with Crippen molar-refractivity contribution in [3.63, 3.8) is 0 Å². The second-order valence-corrected chi connectivity index (χ2v) is 7.86. The smallest absolute Gasteiger partial charge is 0.344 e. The van der Waals surface area contributed by atoms with Crippen LogP contribution in [0.4, 0.5) is 4.39 Å². The third-order valence-electron chi connectivity index (χ3n) is 5.76. The van der Waals surface area contributed by atoms with E-state index in [9.17, 15) is 9.18 Å². The van der Waals surface area contributed by atoms with Gasteiger partial charge in [0.2, 0.25) is 0 Å². The van der Waals surface area contributed by atoms with Crippen LogP contribution in [0.15, 0.2) is 69.9 Å². The van der Waals surface area contributed by atoms with E-state index in [1.54, 1.807) is 50.6 Å². The van der Waals surface area contributed by atoms with Gasteiger partial charge in [-0.3, -0.25) is 4.90 Å². The van der Waals surface area contributed by atoms with Gasteiger partial charge in [-0.15, -0.1) is 0 Å². The van der Waals surface area contributed by atoms with Gasteiger partial charge in [-0.25, -0.2) is 9.18 Å². The summed E-state index contributed by atoms with van der Waals surface area (Å²) in [5.41, 5.74) is 2.78. The summed E-state index contributed by atoms with van der Waals surface area (Å²) in [6.07, 6.45) is 0. The molecular weight excluding hydrogens is 425 g/mol. The van der Waals surface area contributed by atoms with Crippen LogP contribution in [0.5, 0.6) is 17.2 Å². The maximum Gasteiger partial charge on any atom is 0.344 e. The second kappa shape index (κ2) is 8.60. The normalized spacial score (nSPS) is 13.4. The fourth-order valence-electron chi connectivity index (χ4n) is 4.10. The minimum atomic E-state index is -0.474. The Hall–Kier alpha value is -3.84. The lowest BCUT2D eigenvalue weighted by atomic mass is 10.0. The third kappa shape index (κ3) is 4.03. The van der Waals surface area contributed by atoms with Crippen molar-refractivity contribution < 1.29 is 23.0 Å². The maximum atomic E-state index is 13.2. The first kappa shape index (κ1) is 21.0. The molecular formula is C26H22FNO5. The monoisotopic (exact) mass is 447 g/mol. The first-order valence-corrected chi connectivity index (χ1v) is 10.5. The van der Waals surface area contributed by atoms with Crippen molar-refractivity contribution in [1.82, 2.24) is 4.90 Å². The van der Waals surface area contributed by atoms with Crippen LogP contribution in [0, 0.1) is 5.82 Å². The number of methoxy groups -OCH3 is 2. The largest absolute Gasteiger partial charge is 0.497 e. The average molecular weight is 447 g/mol. The molecule has 6 nitrogen and oxygen atoms in total. The first-order chi connectivity index (χ1) is 16.1. The number of hydrogen-bond acceptors (Lipinski definition) is 6. The zero-order valence-electron chi connectivity index (χ0n) is 18.3. The lowest BCUT2D eigenvalue weighted by Crippen LogP contribution is -2.31. The molecule has 0 aliphatic carbocycles. The van der Waals surface area contributed by atoms with Gasteiger partial charge in [-0.2, -0.15) is 0 Å². The molecule has 0 saturated carbocycles. The Morgan fingerprint density at radius 2 is 1.79 bits per heavy atom. The summed E-state index contributed by atoms with van der Waals surface area (Å²) in [7, 11) is 3.12. The third-order valence-corrected chi connectivity index (χ3v) is 5.76. The van der Waals surface area contributed by atoms with E-state index >= 15 is 0 Å². The minimum absolute atomic E-state index is 0.268. The highest BCUT2D eigenvalue weighted by molar-refractivity contribution is 5.87. The number of hydrogen-bond donors (Lipinski definition) is 0. The Balaban J connectivity index is 1.53. The quantitative estimate of drug-likeness (QED) is 0.403. The molecule has 0 amide bonds. The van der Waals surface area contributed by atoms with Crippen molar-refractivity contribution in [1.29, 1.82) is 0 Å². The topological polar surface area (TPSA) is 61.1 Å². The van der Waals surface area contributed by atoms with Gasteiger partial charge < -0.3 is 18.6 Å². The molecule has 7 heteroatoms. The molecule has 3 aromatic carbocycles. The zero-order valence-corrected chi connectivity index (χ0v) is 18.3.